The second-order valence-corrected chi connectivity index (χ2v) is 5.17. The first kappa shape index (κ1) is 14.1. The highest BCUT2D eigenvalue weighted by Gasteiger charge is 2.28. The molecule has 0 spiro atoms. The molecule has 0 aliphatic carbocycles. The third-order valence-corrected chi connectivity index (χ3v) is 3.39. The molecule has 1 aliphatic heterocycles. The Balaban J connectivity index is 1.67. The monoisotopic (exact) mass is 296 g/mol. The average molecular weight is 296 g/mol. The summed E-state index contributed by atoms with van der Waals surface area (Å²) in [4.78, 5) is 23.4. The molecule has 3 rings (SSSR count). The van der Waals surface area contributed by atoms with E-state index in [1.807, 2.05) is 24.3 Å². The minimum Gasteiger partial charge on any atom is -0.480 e. The lowest BCUT2D eigenvalue weighted by atomic mass is 10.1. The highest BCUT2D eigenvalue weighted by Crippen LogP contribution is 2.28. The lowest BCUT2D eigenvalue weighted by molar-refractivity contribution is -0.122. The molecular weight excluding hydrogens is 280 g/mol. The molecule has 1 heterocycles. The van der Waals surface area contributed by atoms with Crippen molar-refractivity contribution in [1.29, 1.82) is 0 Å². The Hall–Kier alpha value is -2.82. The normalized spacial score (nSPS) is 15.6. The third kappa shape index (κ3) is 3.09. The van der Waals surface area contributed by atoms with Crippen LogP contribution in [-0.4, -0.2) is 17.9 Å². The molecule has 0 bridgehead atoms. The van der Waals surface area contributed by atoms with Crippen LogP contribution in [0.5, 0.6) is 5.75 Å². The van der Waals surface area contributed by atoms with Crippen LogP contribution in [0.25, 0.3) is 0 Å². The molecule has 2 aromatic carbocycles. The van der Waals surface area contributed by atoms with Gasteiger partial charge in [0.25, 0.3) is 5.91 Å². The number of ether oxygens (including phenoxy) is 1. The highest BCUT2D eigenvalue weighted by molar-refractivity contribution is 5.96. The Bertz CT molecular complexity index is 702. The van der Waals surface area contributed by atoms with E-state index in [1.165, 1.54) is 6.92 Å². The Morgan fingerprint density at radius 2 is 1.77 bits per heavy atom. The number of carbonyl (C=O) groups is 2. The van der Waals surface area contributed by atoms with Crippen molar-refractivity contribution < 1.29 is 14.3 Å². The number of benzene rings is 2. The fourth-order valence-corrected chi connectivity index (χ4v) is 2.43. The van der Waals surface area contributed by atoms with Gasteiger partial charge in [0.15, 0.2) is 6.10 Å². The summed E-state index contributed by atoms with van der Waals surface area (Å²) in [6.45, 7) is 1.44. The zero-order valence-electron chi connectivity index (χ0n) is 12.1. The molecule has 5 nitrogen and oxygen atoms in total. The van der Waals surface area contributed by atoms with Gasteiger partial charge in [0.05, 0.1) is 0 Å². The van der Waals surface area contributed by atoms with Crippen LogP contribution in [0.1, 0.15) is 12.5 Å². The molecule has 2 aromatic rings. The van der Waals surface area contributed by atoms with E-state index in [9.17, 15) is 9.59 Å². The van der Waals surface area contributed by atoms with Gasteiger partial charge in [-0.15, -0.1) is 0 Å². The molecule has 2 amide bonds. The van der Waals surface area contributed by atoms with Crippen LogP contribution in [0.2, 0.25) is 0 Å². The summed E-state index contributed by atoms with van der Waals surface area (Å²) < 4.78 is 5.65. The molecule has 1 aliphatic rings. The molecule has 0 aromatic heterocycles. The number of anilines is 2. The van der Waals surface area contributed by atoms with Crippen molar-refractivity contribution in [3.05, 3.63) is 54.1 Å². The molecule has 0 saturated heterocycles. The van der Waals surface area contributed by atoms with E-state index >= 15 is 0 Å². The molecule has 0 fully saturated rings. The fourth-order valence-electron chi connectivity index (χ4n) is 2.43. The van der Waals surface area contributed by atoms with E-state index in [4.69, 9.17) is 4.74 Å². The van der Waals surface area contributed by atoms with Crippen LogP contribution in [0.15, 0.2) is 48.5 Å². The van der Waals surface area contributed by atoms with Gasteiger partial charge < -0.3 is 15.4 Å². The fraction of sp³-hybridized carbons (Fsp3) is 0.176. The van der Waals surface area contributed by atoms with Crippen LogP contribution in [0, 0.1) is 0 Å². The molecule has 5 heteroatoms. The van der Waals surface area contributed by atoms with Gasteiger partial charge in [-0.1, -0.05) is 24.3 Å². The van der Waals surface area contributed by atoms with Crippen LogP contribution in [-0.2, 0) is 16.0 Å². The van der Waals surface area contributed by atoms with Gasteiger partial charge in [0.2, 0.25) is 5.91 Å². The lowest BCUT2D eigenvalue weighted by Gasteiger charge is -2.12. The zero-order chi connectivity index (χ0) is 15.5. The minimum absolute atomic E-state index is 0.155. The van der Waals surface area contributed by atoms with E-state index < -0.39 is 6.10 Å². The standard InChI is InChI=1S/C17H16N2O3/c1-11(20)18-13-6-4-7-14(10-13)19-17(21)16-9-12-5-2-3-8-15(12)22-16/h2-8,10,16H,9H2,1H3,(H,18,20)(H,19,21). The number of fused-ring (bicyclic) bond motifs is 1. The summed E-state index contributed by atoms with van der Waals surface area (Å²) in [5.74, 6) is 0.406. The summed E-state index contributed by atoms with van der Waals surface area (Å²) in [5, 5.41) is 5.50. The number of hydrogen-bond donors (Lipinski definition) is 2. The van der Waals surface area contributed by atoms with Crippen LogP contribution in [0.4, 0.5) is 11.4 Å². The van der Waals surface area contributed by atoms with Crippen molar-refractivity contribution in [1.82, 2.24) is 0 Å². The molecule has 0 saturated carbocycles. The second-order valence-electron chi connectivity index (χ2n) is 5.17. The maximum Gasteiger partial charge on any atom is 0.265 e. The average Bonchev–Trinajstić information content (AvgIpc) is 2.91. The molecule has 0 radical (unpaired) electrons. The van der Waals surface area contributed by atoms with Gasteiger partial charge in [-0.2, -0.15) is 0 Å². The Kier molecular flexibility index (Phi) is 3.78. The minimum atomic E-state index is -0.526. The van der Waals surface area contributed by atoms with E-state index in [2.05, 4.69) is 10.6 Å². The number of hydrogen-bond acceptors (Lipinski definition) is 3. The van der Waals surface area contributed by atoms with Crippen LogP contribution in [0.3, 0.4) is 0 Å². The first-order valence-electron chi connectivity index (χ1n) is 7.05. The zero-order valence-corrected chi connectivity index (χ0v) is 12.1. The van der Waals surface area contributed by atoms with Gasteiger partial charge >= 0.3 is 0 Å². The van der Waals surface area contributed by atoms with Gasteiger partial charge in [0.1, 0.15) is 5.75 Å². The first-order valence-corrected chi connectivity index (χ1v) is 7.05. The van der Waals surface area contributed by atoms with Crippen molar-refractivity contribution in [2.45, 2.75) is 19.4 Å². The number of rotatable bonds is 3. The Morgan fingerprint density at radius 1 is 1.05 bits per heavy atom. The van der Waals surface area contributed by atoms with E-state index in [0.29, 0.717) is 17.8 Å². The van der Waals surface area contributed by atoms with Gasteiger partial charge in [0, 0.05) is 24.7 Å². The molecule has 1 atom stereocenters. The smallest absolute Gasteiger partial charge is 0.265 e. The summed E-state index contributed by atoms with van der Waals surface area (Å²) in [7, 11) is 0. The van der Waals surface area contributed by atoms with Crippen molar-refractivity contribution in [2.75, 3.05) is 10.6 Å². The van der Waals surface area contributed by atoms with E-state index in [0.717, 1.165) is 11.3 Å². The first-order chi connectivity index (χ1) is 10.6. The number of amides is 2. The summed E-state index contributed by atoms with van der Waals surface area (Å²) in [5.41, 5.74) is 2.30. The van der Waals surface area contributed by atoms with Crippen molar-refractivity contribution in [3.8, 4) is 5.75 Å². The highest BCUT2D eigenvalue weighted by atomic mass is 16.5. The largest absolute Gasteiger partial charge is 0.480 e. The predicted molar refractivity (Wildman–Crippen MR) is 83.9 cm³/mol. The molecule has 112 valence electrons. The van der Waals surface area contributed by atoms with Gasteiger partial charge in [-0.25, -0.2) is 0 Å². The Morgan fingerprint density at radius 3 is 2.50 bits per heavy atom. The molecular formula is C17H16N2O3. The van der Waals surface area contributed by atoms with Crippen LogP contribution < -0.4 is 15.4 Å². The quantitative estimate of drug-likeness (QED) is 0.915. The molecule has 2 N–H and O–H groups in total. The van der Waals surface area contributed by atoms with E-state index in [1.54, 1.807) is 24.3 Å². The lowest BCUT2D eigenvalue weighted by Crippen LogP contribution is -2.31. The maximum absolute atomic E-state index is 12.3. The summed E-state index contributed by atoms with van der Waals surface area (Å²) in [6.07, 6.45) is 0.0368. The van der Waals surface area contributed by atoms with Gasteiger partial charge in [-0.3, -0.25) is 9.59 Å². The van der Waals surface area contributed by atoms with Gasteiger partial charge in [-0.05, 0) is 29.8 Å². The third-order valence-electron chi connectivity index (χ3n) is 3.39. The van der Waals surface area contributed by atoms with Crippen molar-refractivity contribution in [3.63, 3.8) is 0 Å². The summed E-state index contributed by atoms with van der Waals surface area (Å²) in [6, 6.07) is 14.6. The number of nitrogens with one attached hydrogen (secondary N) is 2. The predicted octanol–water partition coefficient (Wildman–Crippen LogP) is 2.59. The number of carbonyl (C=O) groups excluding carboxylic acids is 2. The van der Waals surface area contributed by atoms with Crippen molar-refractivity contribution in [2.24, 2.45) is 0 Å². The molecule has 1 unspecified atom stereocenters. The van der Waals surface area contributed by atoms with Crippen LogP contribution >= 0.6 is 0 Å². The summed E-state index contributed by atoms with van der Waals surface area (Å²) >= 11 is 0. The maximum atomic E-state index is 12.3. The SMILES string of the molecule is CC(=O)Nc1cccc(NC(=O)C2Cc3ccccc3O2)c1. The molecule has 22 heavy (non-hydrogen) atoms. The second kappa shape index (κ2) is 5.89. The van der Waals surface area contributed by atoms with Crippen molar-refractivity contribution >= 4 is 23.2 Å². The number of para-hydroxylation sites is 1. The van der Waals surface area contributed by atoms with E-state index in [-0.39, 0.29) is 11.8 Å². The Labute approximate surface area is 128 Å². The topological polar surface area (TPSA) is 67.4 Å².